The van der Waals surface area contributed by atoms with E-state index < -0.39 is 50.1 Å². The molecule has 0 aliphatic carbocycles. The number of nitrogens with one attached hydrogen (secondary N) is 3. The first-order valence-electron chi connectivity index (χ1n) is 13.3. The quantitative estimate of drug-likeness (QED) is 0.351. The second-order valence-corrected chi connectivity index (χ2v) is 12.9. The van der Waals surface area contributed by atoms with Gasteiger partial charge in [0.1, 0.15) is 11.6 Å². The van der Waals surface area contributed by atoms with Crippen LogP contribution < -0.4 is 15.5 Å². The van der Waals surface area contributed by atoms with Crippen LogP contribution in [0.25, 0.3) is 0 Å². The molecular formula is C27H28F5N7O4S. The van der Waals surface area contributed by atoms with E-state index in [4.69, 9.17) is 0 Å². The molecule has 0 bridgehead atoms. The molecule has 236 valence electrons. The average Bonchev–Trinajstić information content (AvgIpc) is 3.45. The number of likely N-dealkylation sites (N-methyl/N-ethyl adjacent to an activating group) is 1. The van der Waals surface area contributed by atoms with Crippen molar-refractivity contribution in [3.8, 4) is 0 Å². The van der Waals surface area contributed by atoms with Crippen LogP contribution >= 0.6 is 0 Å². The summed E-state index contributed by atoms with van der Waals surface area (Å²) in [7, 11) is -2.52. The number of hydrogen-bond acceptors (Lipinski definition) is 7. The van der Waals surface area contributed by atoms with E-state index in [2.05, 4.69) is 20.4 Å². The summed E-state index contributed by atoms with van der Waals surface area (Å²) < 4.78 is 95.0. The lowest BCUT2D eigenvalue weighted by molar-refractivity contribution is -0.167. The summed E-state index contributed by atoms with van der Waals surface area (Å²) >= 11 is 0. The van der Waals surface area contributed by atoms with Crippen molar-refractivity contribution < 1.29 is 40.0 Å². The molecule has 17 heteroatoms. The zero-order chi connectivity index (χ0) is 32.2. The molecular weight excluding hydrogens is 613 g/mol. The van der Waals surface area contributed by atoms with E-state index in [1.807, 2.05) is 11.9 Å². The molecule has 2 aliphatic rings. The van der Waals surface area contributed by atoms with Crippen LogP contribution in [0.1, 0.15) is 35.5 Å². The summed E-state index contributed by atoms with van der Waals surface area (Å²) in [4.78, 5) is 28.6. The van der Waals surface area contributed by atoms with Crippen LogP contribution in [0.4, 0.5) is 39.1 Å². The largest absolute Gasteiger partial charge is 0.471 e. The standard InChI is InChI=1S/C27H28F5N7O4S/c1-26(2)22-20(14-39(26)44(42,43)18-11-15(28)10-16(29)12-18)23(36-35-22)34-24(40)19-5-4-17(38-8-6-37(3)7-9-38)13-21(19)33-25(41)27(30,31)32/h4-5,10-13H,6-9,14H2,1-3H3,(H,33,41)(H2,34,35,36,40). The monoisotopic (exact) mass is 641 g/mol. The summed E-state index contributed by atoms with van der Waals surface area (Å²) in [5.41, 5.74) is -0.962. The third-order valence-electron chi connectivity index (χ3n) is 7.68. The van der Waals surface area contributed by atoms with Gasteiger partial charge in [-0.3, -0.25) is 14.7 Å². The first-order chi connectivity index (χ1) is 20.5. The van der Waals surface area contributed by atoms with Crippen LogP contribution in [-0.4, -0.2) is 79.0 Å². The molecule has 1 fully saturated rings. The minimum absolute atomic E-state index is 0.113. The molecule has 0 atom stereocenters. The maximum atomic E-state index is 13.9. The fourth-order valence-corrected chi connectivity index (χ4v) is 7.02. The number of carbonyl (C=O) groups excluding carboxylic acids is 2. The number of hydrogen-bond donors (Lipinski definition) is 3. The molecule has 44 heavy (non-hydrogen) atoms. The van der Waals surface area contributed by atoms with Crippen molar-refractivity contribution >= 4 is 39.0 Å². The molecule has 5 rings (SSSR count). The van der Waals surface area contributed by atoms with E-state index in [-0.39, 0.29) is 34.9 Å². The van der Waals surface area contributed by atoms with Crippen molar-refractivity contribution in [1.82, 2.24) is 19.4 Å². The Bertz CT molecular complexity index is 1710. The van der Waals surface area contributed by atoms with Crippen molar-refractivity contribution in [2.75, 3.05) is 48.8 Å². The van der Waals surface area contributed by atoms with Crippen LogP contribution in [0.5, 0.6) is 0 Å². The third kappa shape index (κ3) is 5.86. The van der Waals surface area contributed by atoms with Crippen LogP contribution in [0, 0.1) is 11.6 Å². The Morgan fingerprint density at radius 2 is 1.61 bits per heavy atom. The predicted octanol–water partition coefficient (Wildman–Crippen LogP) is 3.63. The summed E-state index contributed by atoms with van der Waals surface area (Å²) in [5, 5.41) is 11.0. The molecule has 11 nitrogen and oxygen atoms in total. The molecule has 2 amide bonds. The van der Waals surface area contributed by atoms with Gasteiger partial charge >= 0.3 is 12.1 Å². The number of aromatic amines is 1. The molecule has 3 N–H and O–H groups in total. The zero-order valence-corrected chi connectivity index (χ0v) is 24.5. The van der Waals surface area contributed by atoms with Gasteiger partial charge in [-0.15, -0.1) is 0 Å². The first-order valence-corrected chi connectivity index (χ1v) is 14.8. The van der Waals surface area contributed by atoms with Gasteiger partial charge in [0.25, 0.3) is 5.91 Å². The van der Waals surface area contributed by atoms with E-state index in [1.54, 1.807) is 11.4 Å². The third-order valence-corrected chi connectivity index (χ3v) is 9.68. The Hall–Kier alpha value is -4.09. The van der Waals surface area contributed by atoms with Crippen molar-refractivity contribution in [1.29, 1.82) is 0 Å². The molecule has 0 spiro atoms. The number of alkyl halides is 3. The molecule has 1 saturated heterocycles. The van der Waals surface area contributed by atoms with E-state index in [0.717, 1.165) is 4.31 Å². The van der Waals surface area contributed by atoms with Gasteiger partial charge in [-0.1, -0.05) is 0 Å². The van der Waals surface area contributed by atoms with Crippen molar-refractivity contribution in [2.24, 2.45) is 0 Å². The fourth-order valence-electron chi connectivity index (χ4n) is 5.25. The minimum atomic E-state index is -5.22. The topological polar surface area (TPSA) is 131 Å². The molecule has 2 aromatic carbocycles. The number of sulfonamides is 1. The Balaban J connectivity index is 1.44. The Morgan fingerprint density at radius 3 is 2.23 bits per heavy atom. The minimum Gasteiger partial charge on any atom is -0.369 e. The number of carbonyl (C=O) groups is 2. The summed E-state index contributed by atoms with van der Waals surface area (Å²) in [6.07, 6.45) is -5.22. The summed E-state index contributed by atoms with van der Waals surface area (Å²) in [5.74, 6) is -5.47. The van der Waals surface area contributed by atoms with Crippen LogP contribution in [0.3, 0.4) is 0 Å². The van der Waals surface area contributed by atoms with Gasteiger partial charge in [0, 0.05) is 50.0 Å². The van der Waals surface area contributed by atoms with E-state index in [9.17, 15) is 40.0 Å². The zero-order valence-electron chi connectivity index (χ0n) is 23.7. The van der Waals surface area contributed by atoms with Gasteiger partial charge in [0.2, 0.25) is 10.0 Å². The molecule has 3 aromatic rings. The van der Waals surface area contributed by atoms with Gasteiger partial charge in [-0.2, -0.15) is 22.6 Å². The van der Waals surface area contributed by atoms with Gasteiger partial charge in [0.15, 0.2) is 5.82 Å². The van der Waals surface area contributed by atoms with Crippen LogP contribution in [0.2, 0.25) is 0 Å². The first kappa shape index (κ1) is 31.3. The van der Waals surface area contributed by atoms with Gasteiger partial charge < -0.3 is 20.4 Å². The number of halogens is 5. The molecule has 0 unspecified atom stereocenters. The van der Waals surface area contributed by atoms with Gasteiger partial charge in [-0.05, 0) is 51.2 Å². The highest BCUT2D eigenvalue weighted by atomic mass is 32.2. The van der Waals surface area contributed by atoms with Gasteiger partial charge in [0.05, 0.1) is 27.4 Å². The van der Waals surface area contributed by atoms with E-state index in [0.29, 0.717) is 50.1 Å². The molecule has 1 aromatic heterocycles. The van der Waals surface area contributed by atoms with Crippen LogP contribution in [0.15, 0.2) is 41.3 Å². The van der Waals surface area contributed by atoms with Crippen molar-refractivity contribution in [3.05, 3.63) is 64.9 Å². The maximum absolute atomic E-state index is 13.9. The predicted molar refractivity (Wildman–Crippen MR) is 149 cm³/mol. The highest BCUT2D eigenvalue weighted by Gasteiger charge is 2.48. The number of piperazine rings is 1. The van der Waals surface area contributed by atoms with Crippen molar-refractivity contribution in [2.45, 2.75) is 37.0 Å². The SMILES string of the molecule is CN1CCN(c2ccc(C(=O)Nc3n[nH]c4c3CN(S(=O)(=O)c3cc(F)cc(F)c3)C4(C)C)c(NC(=O)C(F)(F)F)c2)CC1. The summed E-state index contributed by atoms with van der Waals surface area (Å²) in [6.45, 7) is 5.25. The highest BCUT2D eigenvalue weighted by molar-refractivity contribution is 7.89. The lowest BCUT2D eigenvalue weighted by atomic mass is 10.0. The molecule has 3 heterocycles. The Kier molecular flexibility index (Phi) is 7.92. The van der Waals surface area contributed by atoms with Crippen LogP contribution in [-0.2, 0) is 26.9 Å². The second-order valence-electron chi connectivity index (χ2n) is 11.0. The highest BCUT2D eigenvalue weighted by Crippen LogP contribution is 2.44. The number of rotatable bonds is 6. The van der Waals surface area contributed by atoms with E-state index in [1.165, 1.54) is 26.0 Å². The maximum Gasteiger partial charge on any atom is 0.471 e. The Morgan fingerprint density at radius 1 is 0.977 bits per heavy atom. The number of nitrogens with zero attached hydrogens (tertiary/aromatic N) is 4. The number of H-pyrrole nitrogens is 1. The Labute approximate surface area is 249 Å². The number of amides is 2. The number of fused-ring (bicyclic) bond motifs is 1. The lowest BCUT2D eigenvalue weighted by Crippen LogP contribution is -2.44. The molecule has 0 radical (unpaired) electrons. The smallest absolute Gasteiger partial charge is 0.369 e. The van der Waals surface area contributed by atoms with Crippen molar-refractivity contribution in [3.63, 3.8) is 0 Å². The van der Waals surface area contributed by atoms with Gasteiger partial charge in [-0.25, -0.2) is 17.2 Å². The normalized spacial score (nSPS) is 17.4. The number of aromatic nitrogens is 2. The van der Waals surface area contributed by atoms with E-state index >= 15 is 0 Å². The molecule has 2 aliphatic heterocycles. The second kappa shape index (κ2) is 11.1. The summed E-state index contributed by atoms with van der Waals surface area (Å²) in [6, 6.07) is 6.02. The molecule has 0 saturated carbocycles. The number of anilines is 3. The fraction of sp³-hybridized carbons (Fsp3) is 0.370. The number of benzene rings is 2. The average molecular weight is 642 g/mol. The lowest BCUT2D eigenvalue weighted by Gasteiger charge is -2.34.